The number of nitrogens with zero attached hydrogens (tertiary/aromatic N) is 1. The average molecular weight is 465 g/mol. The molecule has 3 N–H and O–H groups in total. The van der Waals surface area contributed by atoms with Crippen LogP contribution in [0.2, 0.25) is 5.02 Å². The van der Waals surface area contributed by atoms with Crippen LogP contribution >= 0.6 is 11.6 Å². The van der Waals surface area contributed by atoms with Crippen molar-refractivity contribution >= 4 is 22.6 Å². The molecule has 33 heavy (non-hydrogen) atoms. The number of fused-ring (bicyclic) bond motifs is 2. The van der Waals surface area contributed by atoms with Crippen molar-refractivity contribution in [2.75, 3.05) is 13.2 Å². The maximum absolute atomic E-state index is 10.1. The smallest absolute Gasteiger partial charge is 0.193 e. The lowest BCUT2D eigenvalue weighted by Crippen LogP contribution is -2.34. The Balaban J connectivity index is 1.27. The number of rotatable bonds is 4. The molecule has 0 radical (unpaired) electrons. The molecule has 0 aliphatic carbocycles. The van der Waals surface area contributed by atoms with Gasteiger partial charge in [-0.25, -0.2) is 4.98 Å². The van der Waals surface area contributed by atoms with E-state index in [2.05, 4.69) is 4.98 Å². The van der Waals surface area contributed by atoms with Crippen molar-refractivity contribution < 1.29 is 24.4 Å². The number of aliphatic hydroxyl groups is 1. The molecule has 2 fully saturated rings. The standard InChI is InChI=1S/C25H21ClN2O5/c26-16-9-17-18(10-22(27-17)33-21-12-32-24-20(30)11-31-25(21)24)28-23(16)14-7-5-13(6-8-14)15-3-1-2-4-19(15)29/h1-10,20-21,24-25,27,29-30H,11-12H2/t20-,21-,24?,25-/m1/s1. The van der Waals surface area contributed by atoms with Gasteiger partial charge in [0.05, 0.1) is 35.0 Å². The Morgan fingerprint density at radius 1 is 0.970 bits per heavy atom. The Bertz CT molecular complexity index is 1320. The van der Waals surface area contributed by atoms with Gasteiger partial charge in [-0.2, -0.15) is 0 Å². The van der Waals surface area contributed by atoms with E-state index in [9.17, 15) is 10.2 Å². The molecule has 1 unspecified atom stereocenters. The van der Waals surface area contributed by atoms with Crippen LogP contribution in [0.4, 0.5) is 0 Å². The van der Waals surface area contributed by atoms with E-state index >= 15 is 0 Å². The monoisotopic (exact) mass is 464 g/mol. The minimum absolute atomic E-state index is 0.235. The number of hydrogen-bond acceptors (Lipinski definition) is 6. The van der Waals surface area contributed by atoms with Gasteiger partial charge in [-0.1, -0.05) is 54.1 Å². The summed E-state index contributed by atoms with van der Waals surface area (Å²) < 4.78 is 17.3. The Kier molecular flexibility index (Phi) is 4.99. The number of benzene rings is 2. The summed E-state index contributed by atoms with van der Waals surface area (Å²) in [6.07, 6.45) is -1.57. The summed E-state index contributed by atoms with van der Waals surface area (Å²) in [5.74, 6) is 0.777. The number of aromatic hydroxyl groups is 1. The summed E-state index contributed by atoms with van der Waals surface area (Å²) in [7, 11) is 0. The lowest BCUT2D eigenvalue weighted by atomic mass is 10.0. The number of aromatic nitrogens is 2. The number of phenolic OH excluding ortho intramolecular Hbond substituents is 1. The molecule has 0 saturated carbocycles. The zero-order chi connectivity index (χ0) is 22.5. The maximum atomic E-state index is 10.1. The summed E-state index contributed by atoms with van der Waals surface area (Å²) in [5.41, 5.74) is 4.67. The van der Waals surface area contributed by atoms with E-state index in [1.54, 1.807) is 12.1 Å². The highest BCUT2D eigenvalue weighted by atomic mass is 35.5. The number of ether oxygens (including phenoxy) is 3. The minimum atomic E-state index is -0.619. The molecule has 2 aromatic heterocycles. The first-order chi connectivity index (χ1) is 16.1. The van der Waals surface area contributed by atoms with Crippen LogP contribution in [-0.4, -0.2) is 57.8 Å². The molecule has 4 aromatic rings. The van der Waals surface area contributed by atoms with Gasteiger partial charge in [-0.15, -0.1) is 0 Å². The van der Waals surface area contributed by atoms with Gasteiger partial charge in [0.2, 0.25) is 0 Å². The van der Waals surface area contributed by atoms with Gasteiger partial charge in [-0.05, 0) is 17.7 Å². The Morgan fingerprint density at radius 3 is 2.55 bits per heavy atom. The topological polar surface area (TPSA) is 96.8 Å². The molecular weight excluding hydrogens is 444 g/mol. The predicted octanol–water partition coefficient (Wildman–Crippen LogP) is 4.16. The molecule has 7 nitrogen and oxygen atoms in total. The zero-order valence-corrected chi connectivity index (χ0v) is 18.2. The van der Waals surface area contributed by atoms with Crippen LogP contribution < -0.4 is 4.74 Å². The summed E-state index contributed by atoms with van der Waals surface area (Å²) in [6, 6.07) is 18.6. The van der Waals surface area contributed by atoms with Gasteiger partial charge in [0.15, 0.2) is 12.0 Å². The molecule has 0 spiro atoms. The van der Waals surface area contributed by atoms with Crippen molar-refractivity contribution in [3.8, 4) is 34.0 Å². The third-order valence-electron chi connectivity index (χ3n) is 6.16. The number of para-hydroxylation sites is 1. The molecule has 6 rings (SSSR count). The molecule has 4 heterocycles. The van der Waals surface area contributed by atoms with E-state index in [0.29, 0.717) is 23.2 Å². The summed E-state index contributed by atoms with van der Waals surface area (Å²) >= 11 is 6.56. The van der Waals surface area contributed by atoms with Gasteiger partial charge >= 0.3 is 0 Å². The highest BCUT2D eigenvalue weighted by Gasteiger charge is 2.48. The first kappa shape index (κ1) is 20.5. The molecule has 4 atom stereocenters. The maximum Gasteiger partial charge on any atom is 0.193 e. The third kappa shape index (κ3) is 3.63. The predicted molar refractivity (Wildman–Crippen MR) is 124 cm³/mol. The van der Waals surface area contributed by atoms with Crippen molar-refractivity contribution in [1.82, 2.24) is 9.97 Å². The number of halogens is 1. The molecule has 0 amide bonds. The number of pyridine rings is 1. The molecule has 8 heteroatoms. The normalized spacial score (nSPS) is 24.3. The van der Waals surface area contributed by atoms with Crippen molar-refractivity contribution in [3.05, 3.63) is 65.7 Å². The molecular formula is C25H21ClN2O5. The fraction of sp³-hybridized carbons (Fsp3) is 0.240. The second kappa shape index (κ2) is 8.04. The van der Waals surface area contributed by atoms with Gasteiger partial charge in [-0.3, -0.25) is 0 Å². The lowest BCUT2D eigenvalue weighted by Gasteiger charge is -2.16. The van der Waals surface area contributed by atoms with Crippen LogP contribution in [0.1, 0.15) is 0 Å². The van der Waals surface area contributed by atoms with Gasteiger partial charge in [0, 0.05) is 17.2 Å². The largest absolute Gasteiger partial charge is 0.507 e. The fourth-order valence-electron chi connectivity index (χ4n) is 4.51. The van der Waals surface area contributed by atoms with E-state index in [1.807, 2.05) is 48.5 Å². The zero-order valence-electron chi connectivity index (χ0n) is 17.4. The molecule has 2 aromatic carbocycles. The SMILES string of the molecule is Oc1ccccc1-c1ccc(-c2nc3cc(O[C@@H]4COC5[C@H](O)CO[C@@H]54)[nH]c3cc2Cl)cc1. The number of nitrogens with one attached hydrogen (secondary N) is 1. The van der Waals surface area contributed by atoms with Gasteiger partial charge in [0.25, 0.3) is 0 Å². The van der Waals surface area contributed by atoms with Crippen LogP contribution in [0.5, 0.6) is 11.6 Å². The molecule has 168 valence electrons. The molecule has 2 aliphatic heterocycles. The fourth-order valence-corrected chi connectivity index (χ4v) is 4.77. The third-order valence-corrected chi connectivity index (χ3v) is 6.45. The van der Waals surface area contributed by atoms with E-state index in [1.165, 1.54) is 0 Å². The van der Waals surface area contributed by atoms with Crippen molar-refractivity contribution in [1.29, 1.82) is 0 Å². The number of aliphatic hydroxyl groups excluding tert-OH is 1. The second-order valence-corrected chi connectivity index (χ2v) is 8.71. The van der Waals surface area contributed by atoms with E-state index in [-0.39, 0.29) is 30.7 Å². The second-order valence-electron chi connectivity index (χ2n) is 8.30. The Hall–Kier alpha value is -3.10. The quantitative estimate of drug-likeness (QED) is 0.419. The summed E-state index contributed by atoms with van der Waals surface area (Å²) in [4.78, 5) is 7.94. The van der Waals surface area contributed by atoms with Crippen LogP contribution in [0, 0.1) is 0 Å². The van der Waals surface area contributed by atoms with Crippen LogP contribution in [-0.2, 0) is 9.47 Å². The van der Waals surface area contributed by atoms with Gasteiger partial charge < -0.3 is 29.4 Å². The molecule has 2 aliphatic rings. The van der Waals surface area contributed by atoms with Crippen molar-refractivity contribution in [2.45, 2.75) is 24.4 Å². The summed E-state index contributed by atoms with van der Waals surface area (Å²) in [6.45, 7) is 0.607. The van der Waals surface area contributed by atoms with E-state index < -0.39 is 6.10 Å². The van der Waals surface area contributed by atoms with Crippen LogP contribution in [0.15, 0.2) is 60.7 Å². The van der Waals surface area contributed by atoms with Gasteiger partial charge in [0.1, 0.15) is 24.1 Å². The summed E-state index contributed by atoms with van der Waals surface area (Å²) in [5, 5.41) is 20.5. The Labute approximate surface area is 194 Å². The van der Waals surface area contributed by atoms with Crippen molar-refractivity contribution in [2.24, 2.45) is 0 Å². The molecule has 2 saturated heterocycles. The van der Waals surface area contributed by atoms with Crippen LogP contribution in [0.25, 0.3) is 33.4 Å². The van der Waals surface area contributed by atoms with E-state index in [0.717, 1.165) is 27.7 Å². The van der Waals surface area contributed by atoms with E-state index in [4.69, 9.17) is 30.8 Å². The first-order valence-corrected chi connectivity index (χ1v) is 11.1. The highest BCUT2D eigenvalue weighted by Crippen LogP contribution is 2.35. The Morgan fingerprint density at radius 2 is 1.73 bits per heavy atom. The number of aromatic amines is 1. The number of hydrogen-bond donors (Lipinski definition) is 3. The lowest BCUT2D eigenvalue weighted by molar-refractivity contribution is 0.00794. The van der Waals surface area contributed by atoms with Crippen molar-refractivity contribution in [3.63, 3.8) is 0 Å². The first-order valence-electron chi connectivity index (χ1n) is 10.7. The highest BCUT2D eigenvalue weighted by molar-refractivity contribution is 6.33. The minimum Gasteiger partial charge on any atom is -0.507 e. The number of H-pyrrole nitrogens is 1. The number of phenols is 1. The molecule has 0 bridgehead atoms. The average Bonchev–Trinajstić information content (AvgIpc) is 3.50. The van der Waals surface area contributed by atoms with Crippen LogP contribution in [0.3, 0.4) is 0 Å².